The SMILES string of the molecule is CC(C)(F)CCCC1(N)CC1. The van der Waals surface area contributed by atoms with Gasteiger partial charge >= 0.3 is 0 Å². The Balaban J connectivity index is 2.05. The zero-order chi connectivity index (χ0) is 8.54. The van der Waals surface area contributed by atoms with Crippen LogP contribution in [-0.4, -0.2) is 11.2 Å². The van der Waals surface area contributed by atoms with E-state index in [2.05, 4.69) is 0 Å². The maximum Gasteiger partial charge on any atom is 0.105 e. The highest BCUT2D eigenvalue weighted by molar-refractivity contribution is 4.98. The number of nitrogens with two attached hydrogens (primary N) is 1. The van der Waals surface area contributed by atoms with Crippen molar-refractivity contribution in [1.29, 1.82) is 0 Å². The van der Waals surface area contributed by atoms with Gasteiger partial charge in [0, 0.05) is 5.54 Å². The predicted molar refractivity (Wildman–Crippen MR) is 45.2 cm³/mol. The van der Waals surface area contributed by atoms with E-state index in [0.29, 0.717) is 6.42 Å². The second-order valence-electron chi connectivity index (χ2n) is 4.43. The molecule has 1 saturated carbocycles. The standard InChI is InChI=1S/C9H18FN/c1-8(2,10)4-3-5-9(11)6-7-9/h3-7,11H2,1-2H3. The molecule has 0 aliphatic heterocycles. The van der Waals surface area contributed by atoms with Crippen LogP contribution in [0.15, 0.2) is 0 Å². The maximum absolute atomic E-state index is 12.9. The van der Waals surface area contributed by atoms with E-state index in [1.165, 1.54) is 0 Å². The number of alkyl halides is 1. The molecule has 0 radical (unpaired) electrons. The molecule has 0 saturated heterocycles. The summed E-state index contributed by atoms with van der Waals surface area (Å²) in [4.78, 5) is 0. The van der Waals surface area contributed by atoms with Crippen LogP contribution in [0.5, 0.6) is 0 Å². The summed E-state index contributed by atoms with van der Waals surface area (Å²) in [6.45, 7) is 3.26. The van der Waals surface area contributed by atoms with Crippen LogP contribution in [0, 0.1) is 0 Å². The summed E-state index contributed by atoms with van der Waals surface area (Å²) >= 11 is 0. The van der Waals surface area contributed by atoms with Gasteiger partial charge in [-0.3, -0.25) is 0 Å². The van der Waals surface area contributed by atoms with Gasteiger partial charge in [-0.2, -0.15) is 0 Å². The average Bonchev–Trinajstić information content (AvgIpc) is 2.44. The Morgan fingerprint density at radius 2 is 2.00 bits per heavy atom. The van der Waals surface area contributed by atoms with E-state index >= 15 is 0 Å². The lowest BCUT2D eigenvalue weighted by molar-refractivity contribution is 0.194. The van der Waals surface area contributed by atoms with E-state index in [9.17, 15) is 4.39 Å². The smallest absolute Gasteiger partial charge is 0.105 e. The van der Waals surface area contributed by atoms with Crippen LogP contribution in [0.25, 0.3) is 0 Å². The lowest BCUT2D eigenvalue weighted by atomic mass is 10.0. The molecule has 66 valence electrons. The molecule has 0 bridgehead atoms. The second-order valence-corrected chi connectivity index (χ2v) is 4.43. The molecule has 2 N–H and O–H groups in total. The third-order valence-electron chi connectivity index (χ3n) is 2.34. The summed E-state index contributed by atoms with van der Waals surface area (Å²) in [6.07, 6.45) is 4.85. The summed E-state index contributed by atoms with van der Waals surface area (Å²) in [5, 5.41) is 0. The van der Waals surface area contributed by atoms with Gasteiger partial charge < -0.3 is 5.73 Å². The number of rotatable bonds is 4. The van der Waals surface area contributed by atoms with Crippen molar-refractivity contribution in [2.24, 2.45) is 5.73 Å². The third-order valence-corrected chi connectivity index (χ3v) is 2.34. The Kier molecular flexibility index (Phi) is 2.24. The van der Waals surface area contributed by atoms with Gasteiger partial charge in [-0.1, -0.05) is 0 Å². The van der Waals surface area contributed by atoms with Crippen molar-refractivity contribution < 1.29 is 4.39 Å². The van der Waals surface area contributed by atoms with Gasteiger partial charge in [0.15, 0.2) is 0 Å². The van der Waals surface area contributed by atoms with Gasteiger partial charge in [0.25, 0.3) is 0 Å². The summed E-state index contributed by atoms with van der Waals surface area (Å²) in [5.74, 6) is 0. The minimum atomic E-state index is -1.01. The first-order valence-corrected chi connectivity index (χ1v) is 4.39. The second kappa shape index (κ2) is 2.74. The first kappa shape index (κ1) is 8.98. The lowest BCUT2D eigenvalue weighted by Gasteiger charge is -2.15. The van der Waals surface area contributed by atoms with Crippen LogP contribution >= 0.6 is 0 Å². The van der Waals surface area contributed by atoms with Crippen LogP contribution < -0.4 is 5.73 Å². The lowest BCUT2D eigenvalue weighted by Crippen LogP contribution is -2.22. The Morgan fingerprint density at radius 3 is 2.36 bits per heavy atom. The fourth-order valence-electron chi connectivity index (χ4n) is 1.27. The molecule has 0 amide bonds. The fourth-order valence-corrected chi connectivity index (χ4v) is 1.27. The largest absolute Gasteiger partial charge is 0.325 e. The van der Waals surface area contributed by atoms with Crippen molar-refractivity contribution in [2.75, 3.05) is 0 Å². The molecule has 0 spiro atoms. The molecule has 0 aromatic carbocycles. The first-order chi connectivity index (χ1) is 4.91. The zero-order valence-electron chi connectivity index (χ0n) is 7.49. The Morgan fingerprint density at radius 1 is 1.45 bits per heavy atom. The predicted octanol–water partition coefficient (Wildman–Crippen LogP) is 2.40. The molecule has 0 aromatic heterocycles. The molecule has 0 aromatic rings. The van der Waals surface area contributed by atoms with Gasteiger partial charge in [0.2, 0.25) is 0 Å². The quantitative estimate of drug-likeness (QED) is 0.669. The van der Waals surface area contributed by atoms with Gasteiger partial charge in [-0.15, -0.1) is 0 Å². The van der Waals surface area contributed by atoms with Crippen molar-refractivity contribution in [2.45, 2.75) is 57.2 Å². The molecule has 0 heterocycles. The minimum Gasteiger partial charge on any atom is -0.325 e. The zero-order valence-corrected chi connectivity index (χ0v) is 7.49. The van der Waals surface area contributed by atoms with E-state index in [0.717, 1.165) is 25.7 Å². The molecular weight excluding hydrogens is 141 g/mol. The Hall–Kier alpha value is -0.110. The van der Waals surface area contributed by atoms with E-state index < -0.39 is 5.67 Å². The molecule has 1 rings (SSSR count). The number of hydrogen-bond acceptors (Lipinski definition) is 1. The summed E-state index contributed by atoms with van der Waals surface area (Å²) < 4.78 is 12.9. The van der Waals surface area contributed by atoms with Crippen LogP contribution in [0.2, 0.25) is 0 Å². The van der Waals surface area contributed by atoms with Gasteiger partial charge in [0.1, 0.15) is 5.67 Å². The molecule has 0 unspecified atom stereocenters. The molecule has 0 atom stereocenters. The van der Waals surface area contributed by atoms with Crippen LogP contribution in [0.1, 0.15) is 46.0 Å². The van der Waals surface area contributed by atoms with E-state index in [-0.39, 0.29) is 5.54 Å². The van der Waals surface area contributed by atoms with E-state index in [1.54, 1.807) is 13.8 Å². The molecule has 1 aliphatic rings. The van der Waals surface area contributed by atoms with Crippen molar-refractivity contribution in [3.05, 3.63) is 0 Å². The number of hydrogen-bond donors (Lipinski definition) is 1. The Bertz CT molecular complexity index is 128. The van der Waals surface area contributed by atoms with Gasteiger partial charge in [-0.25, -0.2) is 4.39 Å². The highest BCUT2D eigenvalue weighted by Gasteiger charge is 2.37. The molecule has 1 aliphatic carbocycles. The van der Waals surface area contributed by atoms with Crippen molar-refractivity contribution in [1.82, 2.24) is 0 Å². The first-order valence-electron chi connectivity index (χ1n) is 4.39. The summed E-state index contributed by atoms with van der Waals surface area (Å²) in [7, 11) is 0. The van der Waals surface area contributed by atoms with E-state index in [4.69, 9.17) is 5.73 Å². The Labute approximate surface area is 68.2 Å². The highest BCUT2D eigenvalue weighted by Crippen LogP contribution is 2.37. The average molecular weight is 159 g/mol. The van der Waals surface area contributed by atoms with Crippen molar-refractivity contribution in [3.8, 4) is 0 Å². The van der Waals surface area contributed by atoms with Crippen molar-refractivity contribution >= 4 is 0 Å². The van der Waals surface area contributed by atoms with Crippen LogP contribution in [0.3, 0.4) is 0 Å². The topological polar surface area (TPSA) is 26.0 Å². The molecule has 1 nitrogen and oxygen atoms in total. The van der Waals surface area contributed by atoms with Crippen molar-refractivity contribution in [3.63, 3.8) is 0 Å². The summed E-state index contributed by atoms with van der Waals surface area (Å²) in [5.41, 5.74) is 4.95. The van der Waals surface area contributed by atoms with Gasteiger partial charge in [0.05, 0.1) is 0 Å². The minimum absolute atomic E-state index is 0.102. The van der Waals surface area contributed by atoms with Crippen LogP contribution in [-0.2, 0) is 0 Å². The monoisotopic (exact) mass is 159 g/mol. The number of halogens is 1. The molecule has 2 heteroatoms. The maximum atomic E-state index is 12.9. The highest BCUT2D eigenvalue weighted by atomic mass is 19.1. The van der Waals surface area contributed by atoms with E-state index in [1.807, 2.05) is 0 Å². The third kappa shape index (κ3) is 3.71. The summed E-state index contributed by atoms with van der Waals surface area (Å²) in [6, 6.07) is 0. The van der Waals surface area contributed by atoms with Crippen LogP contribution in [0.4, 0.5) is 4.39 Å². The molecule has 11 heavy (non-hydrogen) atoms. The fraction of sp³-hybridized carbons (Fsp3) is 1.00. The van der Waals surface area contributed by atoms with Gasteiger partial charge in [-0.05, 0) is 46.0 Å². The molecule has 1 fully saturated rings. The normalized spacial score (nSPS) is 21.8. The molecular formula is C9H18FN.